The molecular formula is C16H27NO. The van der Waals surface area contributed by atoms with Crippen LogP contribution >= 0.6 is 0 Å². The molecule has 0 spiro atoms. The Labute approximate surface area is 112 Å². The monoisotopic (exact) mass is 249 g/mol. The lowest BCUT2D eigenvalue weighted by atomic mass is 9.86. The summed E-state index contributed by atoms with van der Waals surface area (Å²) in [5.74, 6) is 1.61. The summed E-state index contributed by atoms with van der Waals surface area (Å²) < 4.78 is 5.31. The van der Waals surface area contributed by atoms with Gasteiger partial charge in [-0.3, -0.25) is 0 Å². The van der Waals surface area contributed by atoms with E-state index in [1.54, 1.807) is 7.11 Å². The molecule has 0 saturated heterocycles. The van der Waals surface area contributed by atoms with Gasteiger partial charge in [0.2, 0.25) is 0 Å². The summed E-state index contributed by atoms with van der Waals surface area (Å²) in [6.45, 7) is 5.26. The van der Waals surface area contributed by atoms with E-state index in [4.69, 9.17) is 10.5 Å². The summed E-state index contributed by atoms with van der Waals surface area (Å²) in [6.07, 6.45) is 5.85. The van der Waals surface area contributed by atoms with E-state index in [0.29, 0.717) is 5.92 Å². The molecule has 0 amide bonds. The molecule has 102 valence electrons. The number of ether oxygens (including phenoxy) is 1. The van der Waals surface area contributed by atoms with Crippen molar-refractivity contribution in [3.05, 3.63) is 29.3 Å². The highest BCUT2D eigenvalue weighted by atomic mass is 16.5. The summed E-state index contributed by atoms with van der Waals surface area (Å²) in [6, 6.07) is 6.51. The van der Waals surface area contributed by atoms with E-state index in [1.165, 1.54) is 30.4 Å². The zero-order valence-corrected chi connectivity index (χ0v) is 12.0. The molecule has 0 heterocycles. The third-order valence-electron chi connectivity index (χ3n) is 3.56. The maximum atomic E-state index is 5.65. The van der Waals surface area contributed by atoms with E-state index in [2.05, 4.69) is 32.0 Å². The minimum atomic E-state index is 0.652. The van der Waals surface area contributed by atoms with Crippen LogP contribution in [0.2, 0.25) is 0 Å². The normalized spacial score (nSPS) is 12.4. The maximum absolute atomic E-state index is 5.65. The summed E-state index contributed by atoms with van der Waals surface area (Å²) >= 11 is 0. The van der Waals surface area contributed by atoms with E-state index >= 15 is 0 Å². The Morgan fingerprint density at radius 3 is 2.56 bits per heavy atom. The SMILES string of the molecule is CCCC(CCCN)c1ccc(OC)cc1CC. The summed E-state index contributed by atoms with van der Waals surface area (Å²) in [4.78, 5) is 0. The van der Waals surface area contributed by atoms with Crippen molar-refractivity contribution in [2.75, 3.05) is 13.7 Å². The second-order valence-electron chi connectivity index (χ2n) is 4.83. The molecule has 1 aromatic carbocycles. The maximum Gasteiger partial charge on any atom is 0.119 e. The molecule has 2 N–H and O–H groups in total. The van der Waals surface area contributed by atoms with Crippen LogP contribution in [0.1, 0.15) is 56.6 Å². The van der Waals surface area contributed by atoms with Crippen LogP contribution in [0.5, 0.6) is 5.75 Å². The van der Waals surface area contributed by atoms with E-state index in [1.807, 2.05) is 0 Å². The molecule has 0 aliphatic carbocycles. The fraction of sp³-hybridized carbons (Fsp3) is 0.625. The van der Waals surface area contributed by atoms with Crippen LogP contribution in [-0.4, -0.2) is 13.7 Å². The molecule has 2 nitrogen and oxygen atoms in total. The highest BCUT2D eigenvalue weighted by Crippen LogP contribution is 2.31. The quantitative estimate of drug-likeness (QED) is 0.759. The Kier molecular flexibility index (Phi) is 6.81. The van der Waals surface area contributed by atoms with Crippen molar-refractivity contribution in [2.24, 2.45) is 5.73 Å². The summed E-state index contributed by atoms with van der Waals surface area (Å²) in [5, 5.41) is 0. The van der Waals surface area contributed by atoms with Crippen molar-refractivity contribution in [2.45, 2.75) is 51.9 Å². The number of aryl methyl sites for hydroxylation is 1. The number of methoxy groups -OCH3 is 1. The van der Waals surface area contributed by atoms with Crippen molar-refractivity contribution in [3.8, 4) is 5.75 Å². The molecule has 0 aliphatic rings. The van der Waals surface area contributed by atoms with Crippen LogP contribution < -0.4 is 10.5 Å². The molecule has 1 aromatic rings. The van der Waals surface area contributed by atoms with Gasteiger partial charge in [-0.1, -0.05) is 26.3 Å². The predicted octanol–water partition coefficient (Wildman–Crippen LogP) is 3.88. The van der Waals surface area contributed by atoms with Gasteiger partial charge in [0.05, 0.1) is 7.11 Å². The van der Waals surface area contributed by atoms with Gasteiger partial charge in [0.25, 0.3) is 0 Å². The lowest BCUT2D eigenvalue weighted by Gasteiger charge is -2.20. The smallest absolute Gasteiger partial charge is 0.119 e. The van der Waals surface area contributed by atoms with Crippen molar-refractivity contribution in [1.82, 2.24) is 0 Å². The van der Waals surface area contributed by atoms with E-state index in [-0.39, 0.29) is 0 Å². The van der Waals surface area contributed by atoms with Gasteiger partial charge in [-0.2, -0.15) is 0 Å². The Balaban J connectivity index is 2.94. The second kappa shape index (κ2) is 8.15. The van der Waals surface area contributed by atoms with Crippen molar-refractivity contribution < 1.29 is 4.74 Å². The summed E-state index contributed by atoms with van der Waals surface area (Å²) in [7, 11) is 1.73. The van der Waals surface area contributed by atoms with Gasteiger partial charge in [-0.05, 0) is 61.4 Å². The largest absolute Gasteiger partial charge is 0.497 e. The Morgan fingerprint density at radius 2 is 2.00 bits per heavy atom. The highest BCUT2D eigenvalue weighted by molar-refractivity contribution is 5.37. The van der Waals surface area contributed by atoms with Crippen molar-refractivity contribution in [3.63, 3.8) is 0 Å². The van der Waals surface area contributed by atoms with Gasteiger partial charge in [0, 0.05) is 0 Å². The van der Waals surface area contributed by atoms with Crippen molar-refractivity contribution >= 4 is 0 Å². The molecule has 0 aliphatic heterocycles. The van der Waals surface area contributed by atoms with Gasteiger partial charge in [0.1, 0.15) is 5.75 Å². The van der Waals surface area contributed by atoms with Crippen molar-refractivity contribution in [1.29, 1.82) is 0 Å². The van der Waals surface area contributed by atoms with Gasteiger partial charge >= 0.3 is 0 Å². The van der Waals surface area contributed by atoms with E-state index in [0.717, 1.165) is 25.1 Å². The van der Waals surface area contributed by atoms with Crippen LogP contribution in [-0.2, 0) is 6.42 Å². The Hall–Kier alpha value is -1.02. The Morgan fingerprint density at radius 1 is 1.22 bits per heavy atom. The molecule has 1 rings (SSSR count). The molecule has 1 atom stereocenters. The average Bonchev–Trinajstić information content (AvgIpc) is 2.42. The third-order valence-corrected chi connectivity index (χ3v) is 3.56. The number of hydrogen-bond acceptors (Lipinski definition) is 2. The molecule has 0 radical (unpaired) electrons. The number of nitrogens with two attached hydrogens (primary N) is 1. The van der Waals surface area contributed by atoms with Crippen LogP contribution in [0.15, 0.2) is 18.2 Å². The zero-order valence-electron chi connectivity index (χ0n) is 12.0. The minimum Gasteiger partial charge on any atom is -0.497 e. The number of hydrogen-bond donors (Lipinski definition) is 1. The fourth-order valence-electron chi connectivity index (χ4n) is 2.58. The van der Waals surface area contributed by atoms with Gasteiger partial charge in [-0.25, -0.2) is 0 Å². The molecule has 0 aromatic heterocycles. The molecular weight excluding hydrogens is 222 g/mol. The minimum absolute atomic E-state index is 0.652. The molecule has 2 heteroatoms. The van der Waals surface area contributed by atoms with Gasteiger partial charge in [-0.15, -0.1) is 0 Å². The highest BCUT2D eigenvalue weighted by Gasteiger charge is 2.14. The van der Waals surface area contributed by atoms with E-state index < -0.39 is 0 Å². The second-order valence-corrected chi connectivity index (χ2v) is 4.83. The first-order valence-electron chi connectivity index (χ1n) is 7.13. The number of rotatable bonds is 8. The molecule has 0 fully saturated rings. The third kappa shape index (κ3) is 4.02. The Bertz CT molecular complexity index is 349. The zero-order chi connectivity index (χ0) is 13.4. The molecule has 18 heavy (non-hydrogen) atoms. The lowest BCUT2D eigenvalue weighted by Crippen LogP contribution is -2.07. The lowest BCUT2D eigenvalue weighted by molar-refractivity contribution is 0.413. The topological polar surface area (TPSA) is 35.2 Å². The van der Waals surface area contributed by atoms with Crippen LogP contribution in [0, 0.1) is 0 Å². The first-order valence-corrected chi connectivity index (χ1v) is 7.13. The molecule has 1 unspecified atom stereocenters. The predicted molar refractivity (Wildman–Crippen MR) is 78.3 cm³/mol. The fourth-order valence-corrected chi connectivity index (χ4v) is 2.58. The molecule has 0 bridgehead atoms. The van der Waals surface area contributed by atoms with Gasteiger partial charge in [0.15, 0.2) is 0 Å². The van der Waals surface area contributed by atoms with Gasteiger partial charge < -0.3 is 10.5 Å². The summed E-state index contributed by atoms with van der Waals surface area (Å²) in [5.41, 5.74) is 8.56. The van der Waals surface area contributed by atoms with E-state index in [9.17, 15) is 0 Å². The van der Waals surface area contributed by atoms with Crippen LogP contribution in [0.4, 0.5) is 0 Å². The first-order chi connectivity index (χ1) is 8.76. The average molecular weight is 249 g/mol. The molecule has 0 saturated carbocycles. The number of benzene rings is 1. The van der Waals surface area contributed by atoms with Crippen LogP contribution in [0.25, 0.3) is 0 Å². The van der Waals surface area contributed by atoms with Crippen LogP contribution in [0.3, 0.4) is 0 Å². The first kappa shape index (κ1) is 15.0. The standard InChI is InChI=1S/C16H27NO/c1-4-7-14(8-6-11-17)16-10-9-15(18-3)12-13(16)5-2/h9-10,12,14H,4-8,11,17H2,1-3H3.